The lowest BCUT2D eigenvalue weighted by atomic mass is 9.67. The molecule has 1 aliphatic carbocycles. The zero-order chi connectivity index (χ0) is 16.9. The maximum atomic E-state index is 12.6. The highest BCUT2D eigenvalue weighted by Crippen LogP contribution is 2.43. The molecule has 2 atom stereocenters. The van der Waals surface area contributed by atoms with Gasteiger partial charge in [-0.05, 0) is 55.8 Å². The number of likely N-dealkylation sites (tertiary alicyclic amines) is 1. The molecule has 1 heterocycles. The number of rotatable bonds is 6. The van der Waals surface area contributed by atoms with Crippen molar-refractivity contribution < 1.29 is 14.6 Å². The molecule has 134 valence electrons. The quantitative estimate of drug-likeness (QED) is 0.763. The minimum atomic E-state index is 0.188. The van der Waals surface area contributed by atoms with Crippen molar-refractivity contribution in [3.8, 4) is 0 Å². The molecule has 2 aliphatic rings. The second kappa shape index (κ2) is 8.48. The Morgan fingerprint density at radius 1 is 1.26 bits per heavy atom. The Hall–Kier alpha value is -0.610. The van der Waals surface area contributed by atoms with Crippen LogP contribution in [0.5, 0.6) is 0 Å². The first-order chi connectivity index (χ1) is 10.9. The molecule has 0 spiro atoms. The maximum absolute atomic E-state index is 12.6. The molecular formula is C19H35NO3. The van der Waals surface area contributed by atoms with Crippen molar-refractivity contribution in [2.24, 2.45) is 17.3 Å². The summed E-state index contributed by atoms with van der Waals surface area (Å²) in [7, 11) is 0. The van der Waals surface area contributed by atoms with E-state index in [1.807, 2.05) is 4.90 Å². The van der Waals surface area contributed by atoms with Crippen LogP contribution in [0, 0.1) is 17.3 Å². The van der Waals surface area contributed by atoms with E-state index in [1.54, 1.807) is 0 Å². The number of hydrogen-bond acceptors (Lipinski definition) is 3. The van der Waals surface area contributed by atoms with Gasteiger partial charge in [0.2, 0.25) is 5.91 Å². The molecule has 1 N–H and O–H groups in total. The van der Waals surface area contributed by atoms with Crippen LogP contribution in [-0.4, -0.2) is 48.3 Å². The predicted molar refractivity (Wildman–Crippen MR) is 92.2 cm³/mol. The van der Waals surface area contributed by atoms with Gasteiger partial charge in [0.25, 0.3) is 0 Å². The first kappa shape index (κ1) is 18.7. The van der Waals surface area contributed by atoms with Gasteiger partial charge in [-0.2, -0.15) is 0 Å². The summed E-state index contributed by atoms with van der Waals surface area (Å²) in [4.78, 5) is 14.6. The van der Waals surface area contributed by atoms with Gasteiger partial charge in [-0.3, -0.25) is 4.79 Å². The molecule has 2 rings (SSSR count). The molecule has 23 heavy (non-hydrogen) atoms. The molecule has 0 radical (unpaired) electrons. The van der Waals surface area contributed by atoms with Crippen LogP contribution in [0.4, 0.5) is 0 Å². The first-order valence-electron chi connectivity index (χ1n) is 9.40. The molecule has 1 saturated heterocycles. The molecule has 1 aliphatic heterocycles. The number of piperidine rings is 1. The van der Waals surface area contributed by atoms with Gasteiger partial charge >= 0.3 is 0 Å². The smallest absolute Gasteiger partial charge is 0.222 e. The molecule has 1 amide bonds. The van der Waals surface area contributed by atoms with Crippen LogP contribution in [0.15, 0.2) is 0 Å². The van der Waals surface area contributed by atoms with Gasteiger partial charge in [-0.25, -0.2) is 0 Å². The number of nitrogens with zero attached hydrogens (tertiary/aromatic N) is 1. The number of carbonyl (C=O) groups excluding carboxylic acids is 1. The zero-order valence-electron chi connectivity index (χ0n) is 15.2. The minimum absolute atomic E-state index is 0.188. The third-order valence-corrected chi connectivity index (χ3v) is 5.39. The highest BCUT2D eigenvalue weighted by Gasteiger charge is 2.34. The maximum Gasteiger partial charge on any atom is 0.222 e. The van der Waals surface area contributed by atoms with Gasteiger partial charge in [-0.15, -0.1) is 0 Å². The Balaban J connectivity index is 1.72. The number of ether oxygens (including phenoxy) is 1. The Morgan fingerprint density at radius 2 is 1.96 bits per heavy atom. The third-order valence-electron chi connectivity index (χ3n) is 5.39. The predicted octanol–water partition coefficient (Wildman–Crippen LogP) is 3.23. The molecule has 4 heteroatoms. The molecule has 1 saturated carbocycles. The van der Waals surface area contributed by atoms with Crippen LogP contribution in [0.25, 0.3) is 0 Å². The first-order valence-corrected chi connectivity index (χ1v) is 9.40. The zero-order valence-corrected chi connectivity index (χ0v) is 15.2. The van der Waals surface area contributed by atoms with Gasteiger partial charge < -0.3 is 14.7 Å². The van der Waals surface area contributed by atoms with Crippen LogP contribution in [0.3, 0.4) is 0 Å². The van der Waals surface area contributed by atoms with E-state index in [-0.39, 0.29) is 12.7 Å². The number of aliphatic hydroxyl groups is 1. The second-order valence-electron chi connectivity index (χ2n) is 8.51. The van der Waals surface area contributed by atoms with E-state index in [9.17, 15) is 4.79 Å². The van der Waals surface area contributed by atoms with Gasteiger partial charge in [0.15, 0.2) is 0 Å². The van der Waals surface area contributed by atoms with Crippen molar-refractivity contribution in [2.75, 3.05) is 26.3 Å². The Morgan fingerprint density at radius 3 is 2.57 bits per heavy atom. The highest BCUT2D eigenvalue weighted by atomic mass is 16.5. The highest BCUT2D eigenvalue weighted by molar-refractivity contribution is 5.76. The van der Waals surface area contributed by atoms with E-state index in [0.29, 0.717) is 30.3 Å². The molecule has 0 aromatic carbocycles. The SMILES string of the molecule is CC1CC(CC(=O)N2CCC(OCCCO)CC2)CC(C)(C)C1. The third kappa shape index (κ3) is 6.07. The van der Waals surface area contributed by atoms with E-state index in [0.717, 1.165) is 38.3 Å². The van der Waals surface area contributed by atoms with Crippen molar-refractivity contribution in [1.29, 1.82) is 0 Å². The lowest BCUT2D eigenvalue weighted by Crippen LogP contribution is -2.42. The van der Waals surface area contributed by atoms with E-state index in [4.69, 9.17) is 9.84 Å². The monoisotopic (exact) mass is 325 g/mol. The Labute approximate surface area is 141 Å². The van der Waals surface area contributed by atoms with Crippen LogP contribution < -0.4 is 0 Å². The average Bonchev–Trinajstić information content (AvgIpc) is 2.46. The van der Waals surface area contributed by atoms with Crippen LogP contribution in [0.1, 0.15) is 65.7 Å². The number of hydrogen-bond donors (Lipinski definition) is 1. The summed E-state index contributed by atoms with van der Waals surface area (Å²) in [6.45, 7) is 9.48. The van der Waals surface area contributed by atoms with E-state index in [2.05, 4.69) is 20.8 Å². The summed E-state index contributed by atoms with van der Waals surface area (Å²) in [5.74, 6) is 1.63. The molecule has 2 unspecified atom stereocenters. The van der Waals surface area contributed by atoms with Gasteiger partial charge in [-0.1, -0.05) is 20.8 Å². The molecule has 4 nitrogen and oxygen atoms in total. The van der Waals surface area contributed by atoms with Crippen molar-refractivity contribution in [3.05, 3.63) is 0 Å². The van der Waals surface area contributed by atoms with E-state index < -0.39 is 0 Å². The van der Waals surface area contributed by atoms with Gasteiger partial charge in [0.05, 0.1) is 6.10 Å². The lowest BCUT2D eigenvalue weighted by molar-refractivity contribution is -0.135. The van der Waals surface area contributed by atoms with Crippen molar-refractivity contribution in [3.63, 3.8) is 0 Å². The molecule has 0 bridgehead atoms. The van der Waals surface area contributed by atoms with E-state index >= 15 is 0 Å². The van der Waals surface area contributed by atoms with Crippen molar-refractivity contribution in [2.45, 2.75) is 71.8 Å². The summed E-state index contributed by atoms with van der Waals surface area (Å²) in [6, 6.07) is 0. The fourth-order valence-corrected chi connectivity index (χ4v) is 4.66. The number of amides is 1. The molecule has 0 aromatic heterocycles. The summed E-state index contributed by atoms with van der Waals surface area (Å²) < 4.78 is 5.74. The van der Waals surface area contributed by atoms with Gasteiger partial charge in [0, 0.05) is 32.7 Å². The Bertz CT molecular complexity index is 375. The fraction of sp³-hybridized carbons (Fsp3) is 0.947. The van der Waals surface area contributed by atoms with Crippen LogP contribution in [0.2, 0.25) is 0 Å². The van der Waals surface area contributed by atoms with Crippen molar-refractivity contribution >= 4 is 5.91 Å². The molecular weight excluding hydrogens is 290 g/mol. The molecule has 2 fully saturated rings. The fourth-order valence-electron chi connectivity index (χ4n) is 4.66. The summed E-state index contributed by atoms with van der Waals surface area (Å²) in [5.41, 5.74) is 0.385. The van der Waals surface area contributed by atoms with E-state index in [1.165, 1.54) is 19.3 Å². The second-order valence-corrected chi connectivity index (χ2v) is 8.51. The normalized spacial score (nSPS) is 28.8. The van der Waals surface area contributed by atoms with Crippen LogP contribution >= 0.6 is 0 Å². The van der Waals surface area contributed by atoms with Gasteiger partial charge in [0.1, 0.15) is 0 Å². The average molecular weight is 325 g/mol. The summed E-state index contributed by atoms with van der Waals surface area (Å²) in [6.07, 6.45) is 7.24. The molecule has 0 aromatic rings. The number of aliphatic hydroxyl groups excluding tert-OH is 1. The largest absolute Gasteiger partial charge is 0.396 e. The lowest BCUT2D eigenvalue weighted by Gasteiger charge is -2.40. The minimum Gasteiger partial charge on any atom is -0.396 e. The van der Waals surface area contributed by atoms with Crippen molar-refractivity contribution in [1.82, 2.24) is 4.90 Å². The Kier molecular flexibility index (Phi) is 6.90. The summed E-state index contributed by atoms with van der Waals surface area (Å²) in [5, 5.41) is 8.79. The summed E-state index contributed by atoms with van der Waals surface area (Å²) >= 11 is 0. The standard InChI is InChI=1S/C19H35NO3/c1-15-11-16(14-19(2,3)13-15)12-18(22)20-7-5-17(6-8-20)23-10-4-9-21/h15-17,21H,4-14H2,1-3H3. The topological polar surface area (TPSA) is 49.8 Å². The van der Waals surface area contributed by atoms with Crippen LogP contribution in [-0.2, 0) is 9.53 Å². The number of carbonyl (C=O) groups is 1.